The number of aromatic nitrogens is 1. The van der Waals surface area contributed by atoms with Crippen LogP contribution in [0.1, 0.15) is 19.8 Å². The number of nitrogens with zero attached hydrogens (tertiary/aromatic N) is 2. The normalized spacial score (nSPS) is 17.9. The summed E-state index contributed by atoms with van der Waals surface area (Å²) in [5, 5.41) is 11.4. The molecule has 2 rings (SSSR count). The number of hydrogen-bond donors (Lipinski definition) is 2. The number of nitrogens with one attached hydrogen (secondary N) is 1. The average molecular weight is 299 g/mol. The van der Waals surface area contributed by atoms with Crippen LogP contribution in [0.25, 0.3) is 0 Å². The van der Waals surface area contributed by atoms with Gasteiger partial charge in [-0.25, -0.2) is 13.4 Å². The molecule has 0 saturated carbocycles. The van der Waals surface area contributed by atoms with E-state index in [0.29, 0.717) is 18.9 Å². The molecule has 110 valence electrons. The van der Waals surface area contributed by atoms with Crippen molar-refractivity contribution in [1.29, 1.82) is 0 Å². The largest absolute Gasteiger partial charge is 0.480 e. The van der Waals surface area contributed by atoms with Crippen molar-refractivity contribution in [1.82, 2.24) is 9.29 Å². The van der Waals surface area contributed by atoms with E-state index >= 15 is 0 Å². The quantitative estimate of drug-likeness (QED) is 0.832. The molecule has 1 aromatic rings. The Kier molecular flexibility index (Phi) is 4.24. The maximum atomic E-state index is 12.2. The van der Waals surface area contributed by atoms with Gasteiger partial charge in [-0.2, -0.15) is 4.31 Å². The molecular formula is C12H17N3O4S. The summed E-state index contributed by atoms with van der Waals surface area (Å²) in [4.78, 5) is 14.8. The van der Waals surface area contributed by atoms with Crippen LogP contribution in [0, 0.1) is 0 Å². The second-order valence-corrected chi connectivity index (χ2v) is 6.63. The van der Waals surface area contributed by atoms with E-state index in [0.717, 1.165) is 12.8 Å². The molecule has 1 aliphatic rings. The van der Waals surface area contributed by atoms with Gasteiger partial charge in [0.05, 0.1) is 0 Å². The summed E-state index contributed by atoms with van der Waals surface area (Å²) in [5.41, 5.74) is 0. The van der Waals surface area contributed by atoms with E-state index in [4.69, 9.17) is 5.11 Å². The van der Waals surface area contributed by atoms with E-state index in [2.05, 4.69) is 10.3 Å². The van der Waals surface area contributed by atoms with Crippen LogP contribution in [-0.2, 0) is 14.8 Å². The van der Waals surface area contributed by atoms with Gasteiger partial charge in [0, 0.05) is 19.3 Å². The molecule has 1 atom stereocenters. The van der Waals surface area contributed by atoms with E-state index in [-0.39, 0.29) is 4.90 Å². The lowest BCUT2D eigenvalue weighted by atomic mass is 10.3. The minimum absolute atomic E-state index is 0.132. The maximum absolute atomic E-state index is 12.2. The number of pyridine rings is 1. The third-order valence-corrected chi connectivity index (χ3v) is 5.06. The third kappa shape index (κ3) is 3.07. The van der Waals surface area contributed by atoms with Crippen LogP contribution in [0.4, 0.5) is 5.82 Å². The van der Waals surface area contributed by atoms with Crippen molar-refractivity contribution in [3.05, 3.63) is 18.3 Å². The molecule has 20 heavy (non-hydrogen) atoms. The maximum Gasteiger partial charge on any atom is 0.325 e. The number of carbonyl (C=O) groups is 1. The van der Waals surface area contributed by atoms with Gasteiger partial charge in [-0.05, 0) is 31.9 Å². The highest BCUT2D eigenvalue weighted by molar-refractivity contribution is 7.89. The SMILES string of the molecule is C[C@@H](Nc1ccc(S(=O)(=O)N2CCCC2)cn1)C(=O)O. The highest BCUT2D eigenvalue weighted by Crippen LogP contribution is 2.20. The molecule has 1 saturated heterocycles. The fourth-order valence-corrected chi connectivity index (χ4v) is 3.44. The van der Waals surface area contributed by atoms with Crippen LogP contribution in [0.15, 0.2) is 23.2 Å². The van der Waals surface area contributed by atoms with E-state index in [9.17, 15) is 13.2 Å². The van der Waals surface area contributed by atoms with Gasteiger partial charge in [0.25, 0.3) is 0 Å². The molecular weight excluding hydrogens is 282 g/mol. The third-order valence-electron chi connectivity index (χ3n) is 3.17. The molecule has 0 aromatic carbocycles. The summed E-state index contributed by atoms with van der Waals surface area (Å²) in [6.07, 6.45) is 3.01. The number of anilines is 1. The number of sulfonamides is 1. The molecule has 0 amide bonds. The van der Waals surface area contributed by atoms with Gasteiger partial charge in [-0.15, -0.1) is 0 Å². The standard InChI is InChI=1S/C12H17N3O4S/c1-9(12(16)17)14-11-5-4-10(8-13-11)20(18,19)15-6-2-3-7-15/h4-5,8-9H,2-3,6-7H2,1H3,(H,13,14)(H,16,17)/t9-/m1/s1. The summed E-state index contributed by atoms with van der Waals surface area (Å²) in [7, 11) is -3.47. The molecule has 2 N–H and O–H groups in total. The second-order valence-electron chi connectivity index (χ2n) is 4.69. The number of rotatable bonds is 5. The first-order valence-electron chi connectivity index (χ1n) is 6.37. The Morgan fingerprint density at radius 2 is 2.05 bits per heavy atom. The van der Waals surface area contributed by atoms with Gasteiger partial charge in [-0.3, -0.25) is 4.79 Å². The first-order valence-corrected chi connectivity index (χ1v) is 7.81. The van der Waals surface area contributed by atoms with E-state index in [1.54, 1.807) is 0 Å². The highest BCUT2D eigenvalue weighted by atomic mass is 32.2. The lowest BCUT2D eigenvalue weighted by molar-refractivity contribution is -0.137. The van der Waals surface area contributed by atoms with Gasteiger partial charge >= 0.3 is 5.97 Å². The molecule has 1 aliphatic heterocycles. The monoisotopic (exact) mass is 299 g/mol. The molecule has 0 aliphatic carbocycles. The zero-order valence-electron chi connectivity index (χ0n) is 11.1. The van der Waals surface area contributed by atoms with Crippen molar-refractivity contribution < 1.29 is 18.3 Å². The van der Waals surface area contributed by atoms with Crippen LogP contribution in [0.5, 0.6) is 0 Å². The van der Waals surface area contributed by atoms with Crippen LogP contribution in [0.3, 0.4) is 0 Å². The van der Waals surface area contributed by atoms with Gasteiger partial charge in [0.1, 0.15) is 16.8 Å². The van der Waals surface area contributed by atoms with Gasteiger partial charge in [0.2, 0.25) is 10.0 Å². The molecule has 8 heteroatoms. The first kappa shape index (κ1) is 14.7. The first-order chi connectivity index (χ1) is 9.41. The Balaban J connectivity index is 2.13. The van der Waals surface area contributed by atoms with Crippen molar-refractivity contribution >= 4 is 21.8 Å². The van der Waals surface area contributed by atoms with Crippen LogP contribution in [-0.4, -0.2) is 47.9 Å². The van der Waals surface area contributed by atoms with Crippen molar-refractivity contribution in [3.8, 4) is 0 Å². The van der Waals surface area contributed by atoms with E-state index < -0.39 is 22.0 Å². The summed E-state index contributed by atoms with van der Waals surface area (Å²) in [6.45, 7) is 2.57. The predicted octanol–water partition coefficient (Wildman–Crippen LogP) is 0.751. The number of carboxylic acid groups (broad SMARTS) is 1. The molecule has 1 aromatic heterocycles. The Labute approximate surface area is 117 Å². The van der Waals surface area contributed by atoms with Crippen molar-refractivity contribution in [2.24, 2.45) is 0 Å². The fraction of sp³-hybridized carbons (Fsp3) is 0.500. The molecule has 0 spiro atoms. The van der Waals surface area contributed by atoms with Crippen molar-refractivity contribution in [2.75, 3.05) is 18.4 Å². The smallest absolute Gasteiger partial charge is 0.325 e. The minimum Gasteiger partial charge on any atom is -0.480 e. The Hall–Kier alpha value is -1.67. The summed E-state index contributed by atoms with van der Waals surface area (Å²) in [6, 6.07) is 2.13. The van der Waals surface area contributed by atoms with Crippen molar-refractivity contribution in [3.63, 3.8) is 0 Å². The Bertz CT molecular complexity index is 579. The number of hydrogen-bond acceptors (Lipinski definition) is 5. The number of carboxylic acids is 1. The zero-order chi connectivity index (χ0) is 14.8. The van der Waals surface area contributed by atoms with Gasteiger partial charge in [0.15, 0.2) is 0 Å². The predicted molar refractivity (Wildman–Crippen MR) is 73.0 cm³/mol. The molecule has 0 radical (unpaired) electrons. The van der Waals surface area contributed by atoms with Crippen LogP contribution >= 0.6 is 0 Å². The summed E-state index contributed by atoms with van der Waals surface area (Å²) in [5.74, 6) is -0.666. The Morgan fingerprint density at radius 3 is 2.55 bits per heavy atom. The lowest BCUT2D eigenvalue weighted by Gasteiger charge is -2.15. The highest BCUT2D eigenvalue weighted by Gasteiger charge is 2.27. The second kappa shape index (κ2) is 5.76. The van der Waals surface area contributed by atoms with E-state index in [1.165, 1.54) is 29.6 Å². The van der Waals surface area contributed by atoms with Gasteiger partial charge < -0.3 is 10.4 Å². The molecule has 2 heterocycles. The van der Waals surface area contributed by atoms with Crippen LogP contribution in [0.2, 0.25) is 0 Å². The molecule has 0 unspecified atom stereocenters. The molecule has 0 bridgehead atoms. The summed E-state index contributed by atoms with van der Waals surface area (Å²) < 4.78 is 25.9. The summed E-state index contributed by atoms with van der Waals surface area (Å²) >= 11 is 0. The Morgan fingerprint density at radius 1 is 1.40 bits per heavy atom. The molecule has 7 nitrogen and oxygen atoms in total. The van der Waals surface area contributed by atoms with Crippen LogP contribution < -0.4 is 5.32 Å². The van der Waals surface area contributed by atoms with Crippen molar-refractivity contribution in [2.45, 2.75) is 30.7 Å². The minimum atomic E-state index is -3.47. The topological polar surface area (TPSA) is 99.6 Å². The zero-order valence-corrected chi connectivity index (χ0v) is 11.9. The van der Waals surface area contributed by atoms with Gasteiger partial charge in [-0.1, -0.05) is 0 Å². The van der Waals surface area contributed by atoms with E-state index in [1.807, 2.05) is 0 Å². The fourth-order valence-electron chi connectivity index (χ4n) is 1.98. The number of aliphatic carboxylic acids is 1. The average Bonchev–Trinajstić information content (AvgIpc) is 2.93. The lowest BCUT2D eigenvalue weighted by Crippen LogP contribution is -2.28. The molecule has 1 fully saturated rings.